The lowest BCUT2D eigenvalue weighted by atomic mass is 9.92. The number of hydrogen-bond acceptors (Lipinski definition) is 1. The van der Waals surface area contributed by atoms with E-state index < -0.39 is 0 Å². The first-order valence-electron chi connectivity index (χ1n) is 9.51. The molecular formula is C19H41N. The highest BCUT2D eigenvalue weighted by Crippen LogP contribution is 2.19. The third-order valence-corrected chi connectivity index (χ3v) is 4.61. The number of unbranched alkanes of at least 4 members (excludes halogenated alkanes) is 6. The van der Waals surface area contributed by atoms with Crippen LogP contribution < -0.4 is 5.32 Å². The average Bonchev–Trinajstić information content (AvgIpc) is 2.48. The fourth-order valence-corrected chi connectivity index (χ4v) is 3.02. The van der Waals surface area contributed by atoms with Crippen molar-refractivity contribution < 1.29 is 0 Å². The van der Waals surface area contributed by atoms with Gasteiger partial charge < -0.3 is 5.32 Å². The molecule has 20 heavy (non-hydrogen) atoms. The second-order valence-electron chi connectivity index (χ2n) is 6.48. The van der Waals surface area contributed by atoms with Crippen molar-refractivity contribution in [2.75, 3.05) is 6.54 Å². The summed E-state index contributed by atoms with van der Waals surface area (Å²) in [6.07, 6.45) is 16.7. The van der Waals surface area contributed by atoms with Crippen molar-refractivity contribution in [2.24, 2.45) is 5.92 Å². The lowest BCUT2D eigenvalue weighted by molar-refractivity contribution is 0.343. The van der Waals surface area contributed by atoms with Crippen LogP contribution in [0.3, 0.4) is 0 Å². The molecule has 122 valence electrons. The predicted octanol–water partition coefficient (Wildman–Crippen LogP) is 6.32. The number of nitrogens with one attached hydrogen (secondary N) is 1. The number of hydrogen-bond donors (Lipinski definition) is 1. The van der Waals surface area contributed by atoms with E-state index in [0.29, 0.717) is 0 Å². The smallest absolute Gasteiger partial charge is 0.00696 e. The summed E-state index contributed by atoms with van der Waals surface area (Å²) in [6.45, 7) is 10.5. The minimum absolute atomic E-state index is 0.774. The van der Waals surface area contributed by atoms with Gasteiger partial charge in [0, 0.05) is 6.04 Å². The Labute approximate surface area is 129 Å². The molecule has 0 aromatic carbocycles. The van der Waals surface area contributed by atoms with E-state index in [1.807, 2.05) is 0 Å². The molecule has 1 heteroatoms. The summed E-state index contributed by atoms with van der Waals surface area (Å²) in [4.78, 5) is 0. The second kappa shape index (κ2) is 15.4. The summed E-state index contributed by atoms with van der Waals surface area (Å²) in [7, 11) is 0. The lowest BCUT2D eigenvalue weighted by Gasteiger charge is -2.23. The van der Waals surface area contributed by atoms with E-state index in [9.17, 15) is 0 Å². The predicted molar refractivity (Wildman–Crippen MR) is 93.4 cm³/mol. The molecule has 0 saturated carbocycles. The Morgan fingerprint density at radius 2 is 1.30 bits per heavy atom. The SMILES string of the molecule is CCCCCCCCCC(CC(CC)CC)NCCC. The summed E-state index contributed by atoms with van der Waals surface area (Å²) < 4.78 is 0. The molecule has 0 aromatic heterocycles. The second-order valence-corrected chi connectivity index (χ2v) is 6.48. The van der Waals surface area contributed by atoms with Crippen LogP contribution in [0.1, 0.15) is 105 Å². The molecule has 1 nitrogen and oxygen atoms in total. The van der Waals surface area contributed by atoms with E-state index in [1.165, 1.54) is 83.6 Å². The van der Waals surface area contributed by atoms with Gasteiger partial charge in [-0.15, -0.1) is 0 Å². The maximum atomic E-state index is 3.78. The zero-order chi connectivity index (χ0) is 15.1. The molecule has 0 saturated heterocycles. The third kappa shape index (κ3) is 11.8. The molecule has 0 aliphatic carbocycles. The van der Waals surface area contributed by atoms with Crippen molar-refractivity contribution >= 4 is 0 Å². The van der Waals surface area contributed by atoms with E-state index in [2.05, 4.69) is 33.0 Å². The molecular weight excluding hydrogens is 242 g/mol. The standard InChI is InChI=1S/C19H41N/c1-5-9-10-11-12-13-14-15-19(20-16-6-2)17-18(7-3)8-4/h18-20H,5-17H2,1-4H3. The molecule has 0 spiro atoms. The Kier molecular flexibility index (Phi) is 15.3. The molecule has 0 fully saturated rings. The molecule has 0 heterocycles. The molecule has 0 aliphatic heterocycles. The Hall–Kier alpha value is -0.0400. The molecule has 1 N–H and O–H groups in total. The van der Waals surface area contributed by atoms with Gasteiger partial charge in [0.15, 0.2) is 0 Å². The molecule has 0 aliphatic rings. The highest BCUT2D eigenvalue weighted by atomic mass is 14.9. The molecule has 0 bridgehead atoms. The van der Waals surface area contributed by atoms with E-state index in [4.69, 9.17) is 0 Å². The zero-order valence-electron chi connectivity index (χ0n) is 14.8. The summed E-state index contributed by atoms with van der Waals surface area (Å²) in [5.74, 6) is 0.925. The van der Waals surface area contributed by atoms with Crippen LogP contribution >= 0.6 is 0 Å². The first-order chi connectivity index (χ1) is 9.78. The van der Waals surface area contributed by atoms with Crippen LogP contribution in [0.15, 0.2) is 0 Å². The molecule has 1 unspecified atom stereocenters. The van der Waals surface area contributed by atoms with Crippen LogP contribution in [0.4, 0.5) is 0 Å². The Morgan fingerprint density at radius 3 is 1.85 bits per heavy atom. The maximum Gasteiger partial charge on any atom is 0.00696 e. The largest absolute Gasteiger partial charge is 0.314 e. The van der Waals surface area contributed by atoms with Crippen LogP contribution in [0.25, 0.3) is 0 Å². The molecule has 0 aromatic rings. The van der Waals surface area contributed by atoms with Crippen LogP contribution in [-0.4, -0.2) is 12.6 Å². The van der Waals surface area contributed by atoms with E-state index in [1.54, 1.807) is 0 Å². The van der Waals surface area contributed by atoms with Crippen molar-refractivity contribution in [1.29, 1.82) is 0 Å². The van der Waals surface area contributed by atoms with E-state index >= 15 is 0 Å². The van der Waals surface area contributed by atoms with Crippen molar-refractivity contribution in [1.82, 2.24) is 5.32 Å². The monoisotopic (exact) mass is 283 g/mol. The summed E-state index contributed by atoms with van der Waals surface area (Å²) in [6, 6.07) is 0.774. The van der Waals surface area contributed by atoms with Gasteiger partial charge in [0.25, 0.3) is 0 Å². The fourth-order valence-electron chi connectivity index (χ4n) is 3.02. The third-order valence-electron chi connectivity index (χ3n) is 4.61. The summed E-state index contributed by atoms with van der Waals surface area (Å²) in [5, 5.41) is 3.78. The van der Waals surface area contributed by atoms with Crippen LogP contribution in [0.2, 0.25) is 0 Å². The Morgan fingerprint density at radius 1 is 0.700 bits per heavy atom. The van der Waals surface area contributed by atoms with Crippen LogP contribution in [-0.2, 0) is 0 Å². The van der Waals surface area contributed by atoms with Gasteiger partial charge >= 0.3 is 0 Å². The first kappa shape index (κ1) is 20.0. The normalized spacial score (nSPS) is 13.1. The molecule has 0 amide bonds. The van der Waals surface area contributed by atoms with Crippen molar-refractivity contribution in [2.45, 2.75) is 111 Å². The van der Waals surface area contributed by atoms with Crippen LogP contribution in [0, 0.1) is 5.92 Å². The average molecular weight is 284 g/mol. The van der Waals surface area contributed by atoms with Gasteiger partial charge in [0.05, 0.1) is 0 Å². The minimum atomic E-state index is 0.774. The molecule has 0 rings (SSSR count). The van der Waals surface area contributed by atoms with E-state index in [-0.39, 0.29) is 0 Å². The summed E-state index contributed by atoms with van der Waals surface area (Å²) >= 11 is 0. The Balaban J connectivity index is 3.74. The summed E-state index contributed by atoms with van der Waals surface area (Å²) in [5.41, 5.74) is 0. The quantitative estimate of drug-likeness (QED) is 0.347. The topological polar surface area (TPSA) is 12.0 Å². The lowest BCUT2D eigenvalue weighted by Crippen LogP contribution is -2.31. The number of rotatable bonds is 15. The zero-order valence-corrected chi connectivity index (χ0v) is 14.8. The minimum Gasteiger partial charge on any atom is -0.314 e. The molecule has 1 atom stereocenters. The molecule has 0 radical (unpaired) electrons. The van der Waals surface area contributed by atoms with Crippen LogP contribution in [0.5, 0.6) is 0 Å². The van der Waals surface area contributed by atoms with Gasteiger partial charge in [-0.25, -0.2) is 0 Å². The van der Waals surface area contributed by atoms with E-state index in [0.717, 1.165) is 12.0 Å². The van der Waals surface area contributed by atoms with Crippen molar-refractivity contribution in [3.05, 3.63) is 0 Å². The van der Waals surface area contributed by atoms with Gasteiger partial charge in [-0.1, -0.05) is 85.5 Å². The fraction of sp³-hybridized carbons (Fsp3) is 1.00. The van der Waals surface area contributed by atoms with Gasteiger partial charge in [-0.3, -0.25) is 0 Å². The van der Waals surface area contributed by atoms with Gasteiger partial charge in [0.2, 0.25) is 0 Å². The maximum absolute atomic E-state index is 3.78. The van der Waals surface area contributed by atoms with Crippen molar-refractivity contribution in [3.63, 3.8) is 0 Å². The van der Waals surface area contributed by atoms with Gasteiger partial charge in [-0.05, 0) is 31.7 Å². The highest BCUT2D eigenvalue weighted by molar-refractivity contribution is 4.71. The van der Waals surface area contributed by atoms with Gasteiger partial charge in [-0.2, -0.15) is 0 Å². The first-order valence-corrected chi connectivity index (χ1v) is 9.51. The highest BCUT2D eigenvalue weighted by Gasteiger charge is 2.13. The van der Waals surface area contributed by atoms with Crippen molar-refractivity contribution in [3.8, 4) is 0 Å². The Bertz CT molecular complexity index is 175. The van der Waals surface area contributed by atoms with Gasteiger partial charge in [0.1, 0.15) is 0 Å².